The second kappa shape index (κ2) is 7.01. The summed E-state index contributed by atoms with van der Waals surface area (Å²) in [6.07, 6.45) is 7.18. The lowest BCUT2D eigenvalue weighted by molar-refractivity contribution is 0.214. The molecule has 1 saturated heterocycles. The van der Waals surface area contributed by atoms with Crippen LogP contribution in [0.15, 0.2) is 43.0 Å². The van der Waals surface area contributed by atoms with E-state index in [1.165, 1.54) is 0 Å². The maximum absolute atomic E-state index is 5.87. The van der Waals surface area contributed by atoms with Gasteiger partial charge in [0, 0.05) is 30.9 Å². The number of benzene rings is 1. The monoisotopic (exact) mass is 335 g/mol. The van der Waals surface area contributed by atoms with Crippen LogP contribution in [0, 0.1) is 12.8 Å². The van der Waals surface area contributed by atoms with Crippen molar-refractivity contribution in [3.63, 3.8) is 0 Å². The summed E-state index contributed by atoms with van der Waals surface area (Å²) in [6, 6.07) is 8.18. The number of para-hydroxylation sites is 1. The van der Waals surface area contributed by atoms with E-state index in [0.29, 0.717) is 18.4 Å². The first-order chi connectivity index (χ1) is 12.3. The molecule has 0 radical (unpaired) electrons. The number of rotatable bonds is 4. The molecule has 3 aromatic rings. The van der Waals surface area contributed by atoms with Crippen LogP contribution in [-0.4, -0.2) is 39.6 Å². The van der Waals surface area contributed by atoms with Crippen LogP contribution in [0.1, 0.15) is 18.5 Å². The van der Waals surface area contributed by atoms with Gasteiger partial charge in [0.05, 0.1) is 17.8 Å². The molecule has 0 unspecified atom stereocenters. The van der Waals surface area contributed by atoms with Gasteiger partial charge in [-0.3, -0.25) is 4.98 Å². The minimum absolute atomic E-state index is 0.533. The van der Waals surface area contributed by atoms with Crippen molar-refractivity contribution in [3.8, 4) is 5.88 Å². The maximum atomic E-state index is 5.87. The molecule has 0 spiro atoms. The quantitative estimate of drug-likeness (QED) is 0.730. The molecule has 4 rings (SSSR count). The number of aryl methyl sites for hydroxylation is 1. The van der Waals surface area contributed by atoms with Crippen molar-refractivity contribution >= 4 is 16.7 Å². The van der Waals surface area contributed by atoms with Crippen molar-refractivity contribution in [3.05, 3.63) is 48.7 Å². The lowest BCUT2D eigenvalue weighted by atomic mass is 9.97. The van der Waals surface area contributed by atoms with Crippen molar-refractivity contribution in [2.75, 3.05) is 24.6 Å². The van der Waals surface area contributed by atoms with Crippen LogP contribution in [0.5, 0.6) is 5.88 Å². The SMILES string of the molecule is Cc1nccnc1OCC1CCN(c2ncnc3ccccc23)CC1. The molecule has 25 heavy (non-hydrogen) atoms. The number of anilines is 1. The van der Waals surface area contributed by atoms with Crippen molar-refractivity contribution in [1.82, 2.24) is 19.9 Å². The van der Waals surface area contributed by atoms with E-state index in [9.17, 15) is 0 Å². The van der Waals surface area contributed by atoms with Crippen LogP contribution in [0.3, 0.4) is 0 Å². The highest BCUT2D eigenvalue weighted by Gasteiger charge is 2.22. The van der Waals surface area contributed by atoms with Gasteiger partial charge in [-0.2, -0.15) is 0 Å². The van der Waals surface area contributed by atoms with Gasteiger partial charge in [0.2, 0.25) is 5.88 Å². The molecular weight excluding hydrogens is 314 g/mol. The smallest absolute Gasteiger partial charge is 0.235 e. The third-order valence-electron chi connectivity index (χ3n) is 4.73. The molecule has 128 valence electrons. The summed E-state index contributed by atoms with van der Waals surface area (Å²) in [4.78, 5) is 19.7. The maximum Gasteiger partial charge on any atom is 0.235 e. The van der Waals surface area contributed by atoms with E-state index in [4.69, 9.17) is 4.74 Å². The van der Waals surface area contributed by atoms with Gasteiger partial charge in [-0.05, 0) is 37.8 Å². The Kier molecular flexibility index (Phi) is 4.41. The van der Waals surface area contributed by atoms with E-state index < -0.39 is 0 Å². The van der Waals surface area contributed by atoms with E-state index in [1.54, 1.807) is 18.7 Å². The van der Waals surface area contributed by atoms with Gasteiger partial charge in [0.1, 0.15) is 12.1 Å². The summed E-state index contributed by atoms with van der Waals surface area (Å²) in [5, 5.41) is 1.12. The lowest BCUT2D eigenvalue weighted by Crippen LogP contribution is -2.36. The van der Waals surface area contributed by atoms with Crippen LogP contribution in [-0.2, 0) is 0 Å². The molecule has 0 amide bonds. The number of ether oxygens (including phenoxy) is 1. The topological polar surface area (TPSA) is 64.0 Å². The zero-order valence-electron chi connectivity index (χ0n) is 14.3. The van der Waals surface area contributed by atoms with Crippen LogP contribution in [0.25, 0.3) is 10.9 Å². The van der Waals surface area contributed by atoms with Crippen LogP contribution >= 0.6 is 0 Å². The van der Waals surface area contributed by atoms with E-state index >= 15 is 0 Å². The molecule has 6 heteroatoms. The van der Waals surface area contributed by atoms with Crippen molar-refractivity contribution in [2.45, 2.75) is 19.8 Å². The summed E-state index contributed by atoms with van der Waals surface area (Å²) >= 11 is 0. The standard InChI is InChI=1S/C19H21N5O/c1-14-19(21-9-8-20-14)25-12-15-6-10-24(11-7-15)18-16-4-2-3-5-17(16)22-13-23-18/h2-5,8-9,13,15H,6-7,10-12H2,1H3. The summed E-state index contributed by atoms with van der Waals surface area (Å²) in [5.41, 5.74) is 1.84. The Labute approximate surface area is 146 Å². The van der Waals surface area contributed by atoms with Gasteiger partial charge in [-0.15, -0.1) is 0 Å². The molecule has 0 atom stereocenters. The number of piperidine rings is 1. The van der Waals surface area contributed by atoms with Gasteiger partial charge in [0.15, 0.2) is 0 Å². The molecule has 0 N–H and O–H groups in total. The van der Waals surface area contributed by atoms with Crippen molar-refractivity contribution in [1.29, 1.82) is 0 Å². The van der Waals surface area contributed by atoms with Crippen LogP contribution in [0.4, 0.5) is 5.82 Å². The summed E-state index contributed by atoms with van der Waals surface area (Å²) in [6.45, 7) is 4.58. The molecule has 0 bridgehead atoms. The molecular formula is C19H21N5O. The fraction of sp³-hybridized carbons (Fsp3) is 0.368. The Hall–Kier alpha value is -2.76. The zero-order valence-corrected chi connectivity index (χ0v) is 14.3. The van der Waals surface area contributed by atoms with Gasteiger partial charge >= 0.3 is 0 Å². The van der Waals surface area contributed by atoms with E-state index in [-0.39, 0.29) is 0 Å². The summed E-state index contributed by atoms with van der Waals surface area (Å²) in [5.74, 6) is 2.22. The molecule has 3 heterocycles. The largest absolute Gasteiger partial charge is 0.476 e. The Morgan fingerprint density at radius 1 is 1.04 bits per heavy atom. The third kappa shape index (κ3) is 3.38. The highest BCUT2D eigenvalue weighted by Crippen LogP contribution is 2.27. The first kappa shape index (κ1) is 15.7. The molecule has 0 saturated carbocycles. The van der Waals surface area contributed by atoms with Gasteiger partial charge < -0.3 is 9.64 Å². The third-order valence-corrected chi connectivity index (χ3v) is 4.73. The molecule has 1 aliphatic rings. The van der Waals surface area contributed by atoms with Crippen LogP contribution in [0.2, 0.25) is 0 Å². The molecule has 1 aromatic carbocycles. The second-order valence-corrected chi connectivity index (χ2v) is 6.40. The minimum Gasteiger partial charge on any atom is -0.476 e. The number of fused-ring (bicyclic) bond motifs is 1. The number of hydrogen-bond donors (Lipinski definition) is 0. The molecule has 1 fully saturated rings. The van der Waals surface area contributed by atoms with Gasteiger partial charge in [-0.1, -0.05) is 12.1 Å². The minimum atomic E-state index is 0.533. The molecule has 6 nitrogen and oxygen atoms in total. The lowest BCUT2D eigenvalue weighted by Gasteiger charge is -2.33. The second-order valence-electron chi connectivity index (χ2n) is 6.40. The summed E-state index contributed by atoms with van der Waals surface area (Å²) in [7, 11) is 0. The fourth-order valence-electron chi connectivity index (χ4n) is 3.29. The van der Waals surface area contributed by atoms with Crippen LogP contribution < -0.4 is 9.64 Å². The molecule has 1 aliphatic heterocycles. The zero-order chi connectivity index (χ0) is 17.1. The van der Waals surface area contributed by atoms with E-state index in [2.05, 4.69) is 30.9 Å². The Balaban J connectivity index is 1.39. The first-order valence-corrected chi connectivity index (χ1v) is 8.66. The van der Waals surface area contributed by atoms with Crippen molar-refractivity contribution < 1.29 is 4.74 Å². The Morgan fingerprint density at radius 3 is 2.68 bits per heavy atom. The average Bonchev–Trinajstić information content (AvgIpc) is 2.67. The first-order valence-electron chi connectivity index (χ1n) is 8.66. The fourth-order valence-corrected chi connectivity index (χ4v) is 3.29. The predicted molar refractivity (Wildman–Crippen MR) is 96.7 cm³/mol. The van der Waals surface area contributed by atoms with Crippen molar-refractivity contribution in [2.24, 2.45) is 5.92 Å². The average molecular weight is 335 g/mol. The van der Waals surface area contributed by atoms with E-state index in [0.717, 1.165) is 48.3 Å². The highest BCUT2D eigenvalue weighted by molar-refractivity contribution is 5.89. The van der Waals surface area contributed by atoms with Gasteiger partial charge in [0.25, 0.3) is 0 Å². The normalized spacial score (nSPS) is 15.5. The molecule has 2 aromatic heterocycles. The number of nitrogens with zero attached hydrogens (tertiary/aromatic N) is 5. The number of aromatic nitrogens is 4. The number of hydrogen-bond acceptors (Lipinski definition) is 6. The summed E-state index contributed by atoms with van der Waals surface area (Å²) < 4.78 is 5.87. The predicted octanol–water partition coefficient (Wildman–Crippen LogP) is 3.02. The van der Waals surface area contributed by atoms with E-state index in [1.807, 2.05) is 25.1 Å². The molecule has 0 aliphatic carbocycles. The highest BCUT2D eigenvalue weighted by atomic mass is 16.5. The van der Waals surface area contributed by atoms with Gasteiger partial charge in [-0.25, -0.2) is 15.0 Å². The Morgan fingerprint density at radius 2 is 1.84 bits per heavy atom. The Bertz CT molecular complexity index is 856.